The lowest BCUT2D eigenvalue weighted by Gasteiger charge is -2.32. The van der Waals surface area contributed by atoms with Crippen LogP contribution in [-0.2, 0) is 26.2 Å². The molecule has 0 aliphatic heterocycles. The van der Waals surface area contributed by atoms with Gasteiger partial charge in [0.1, 0.15) is 18.3 Å². The molecule has 2 aromatic carbocycles. The number of ether oxygens (including phenoxy) is 1. The van der Waals surface area contributed by atoms with Crippen molar-refractivity contribution in [3.8, 4) is 5.75 Å². The lowest BCUT2D eigenvalue weighted by atomic mass is 10.1. The fourth-order valence-corrected chi connectivity index (χ4v) is 5.38. The normalized spacial score (nSPS) is 14.8. The first-order valence-corrected chi connectivity index (χ1v) is 14.1. The molecule has 1 saturated carbocycles. The molecule has 1 atom stereocenters. The zero-order valence-electron chi connectivity index (χ0n) is 21.8. The van der Waals surface area contributed by atoms with Gasteiger partial charge in [0, 0.05) is 12.6 Å². The molecular formula is C27H37N3O5S. The molecule has 1 aliphatic carbocycles. The summed E-state index contributed by atoms with van der Waals surface area (Å²) in [4.78, 5) is 28.4. The van der Waals surface area contributed by atoms with Crippen molar-refractivity contribution in [2.45, 2.75) is 65.1 Å². The number of carbonyl (C=O) groups excluding carboxylic acids is 2. The van der Waals surface area contributed by atoms with E-state index in [-0.39, 0.29) is 24.2 Å². The summed E-state index contributed by atoms with van der Waals surface area (Å²) in [6, 6.07) is 12.1. The fraction of sp³-hybridized carbons (Fsp3) is 0.481. The van der Waals surface area contributed by atoms with E-state index < -0.39 is 28.5 Å². The number of hydrogen-bond donors (Lipinski definition) is 1. The Balaban J connectivity index is 1.94. The van der Waals surface area contributed by atoms with Crippen LogP contribution in [0.5, 0.6) is 5.75 Å². The van der Waals surface area contributed by atoms with E-state index in [0.29, 0.717) is 5.75 Å². The minimum atomic E-state index is -3.84. The van der Waals surface area contributed by atoms with Crippen molar-refractivity contribution in [1.82, 2.24) is 10.2 Å². The van der Waals surface area contributed by atoms with Crippen LogP contribution in [0, 0.1) is 13.8 Å². The maximum absolute atomic E-state index is 13.8. The van der Waals surface area contributed by atoms with Crippen molar-refractivity contribution in [3.05, 3.63) is 59.2 Å². The van der Waals surface area contributed by atoms with Crippen molar-refractivity contribution in [2.75, 3.05) is 24.2 Å². The Bertz CT molecular complexity index is 1190. The summed E-state index contributed by atoms with van der Waals surface area (Å²) in [6.07, 6.45) is 5.07. The Hall–Kier alpha value is -3.07. The summed E-state index contributed by atoms with van der Waals surface area (Å²) >= 11 is 0. The largest absolute Gasteiger partial charge is 0.495 e. The number of benzene rings is 2. The Morgan fingerprint density at radius 1 is 1.11 bits per heavy atom. The number of rotatable bonds is 10. The minimum Gasteiger partial charge on any atom is -0.495 e. The Morgan fingerprint density at radius 2 is 1.78 bits per heavy atom. The van der Waals surface area contributed by atoms with Crippen molar-refractivity contribution >= 4 is 27.5 Å². The molecule has 0 unspecified atom stereocenters. The van der Waals surface area contributed by atoms with Crippen molar-refractivity contribution in [3.63, 3.8) is 0 Å². The van der Waals surface area contributed by atoms with Crippen LogP contribution in [0.1, 0.15) is 49.3 Å². The molecule has 0 spiro atoms. The quantitative estimate of drug-likeness (QED) is 0.522. The second-order valence-corrected chi connectivity index (χ2v) is 11.5. The molecule has 196 valence electrons. The Labute approximate surface area is 214 Å². The smallest absolute Gasteiger partial charge is 0.244 e. The lowest BCUT2D eigenvalue weighted by molar-refractivity contribution is -0.139. The van der Waals surface area contributed by atoms with E-state index in [9.17, 15) is 18.0 Å². The molecule has 0 bridgehead atoms. The molecule has 1 fully saturated rings. The molecule has 0 aromatic heterocycles. The number of methoxy groups -OCH3 is 1. The number of nitrogens with zero attached hydrogens (tertiary/aromatic N) is 2. The van der Waals surface area contributed by atoms with Gasteiger partial charge in [-0.1, -0.05) is 43.2 Å². The number of nitrogens with one attached hydrogen (secondary N) is 1. The summed E-state index contributed by atoms with van der Waals surface area (Å²) in [5, 5.41) is 3.07. The van der Waals surface area contributed by atoms with Crippen LogP contribution in [-0.4, -0.2) is 57.1 Å². The van der Waals surface area contributed by atoms with Gasteiger partial charge in [-0.2, -0.15) is 0 Å². The number of sulfonamides is 1. The monoisotopic (exact) mass is 515 g/mol. The number of aryl methyl sites for hydroxylation is 2. The van der Waals surface area contributed by atoms with Gasteiger partial charge in [0.15, 0.2) is 0 Å². The molecular weight excluding hydrogens is 478 g/mol. The lowest BCUT2D eigenvalue weighted by Crippen LogP contribution is -2.52. The van der Waals surface area contributed by atoms with Gasteiger partial charge in [0.2, 0.25) is 21.8 Å². The average Bonchev–Trinajstić information content (AvgIpc) is 3.33. The maximum atomic E-state index is 13.8. The molecule has 1 N–H and O–H groups in total. The maximum Gasteiger partial charge on any atom is 0.244 e. The summed E-state index contributed by atoms with van der Waals surface area (Å²) in [7, 11) is -2.38. The number of anilines is 1. The van der Waals surface area contributed by atoms with Gasteiger partial charge < -0.3 is 15.0 Å². The van der Waals surface area contributed by atoms with E-state index in [1.807, 2.05) is 44.2 Å². The predicted octanol–water partition coefficient (Wildman–Crippen LogP) is 3.55. The number of carbonyl (C=O) groups is 2. The fourth-order valence-electron chi connectivity index (χ4n) is 4.54. The third-order valence-electron chi connectivity index (χ3n) is 6.75. The van der Waals surface area contributed by atoms with Crippen molar-refractivity contribution in [1.29, 1.82) is 0 Å². The molecule has 9 heteroatoms. The van der Waals surface area contributed by atoms with Crippen LogP contribution < -0.4 is 14.4 Å². The molecule has 2 amide bonds. The van der Waals surface area contributed by atoms with Crippen LogP contribution >= 0.6 is 0 Å². The van der Waals surface area contributed by atoms with Gasteiger partial charge in [-0.3, -0.25) is 13.9 Å². The van der Waals surface area contributed by atoms with E-state index in [0.717, 1.165) is 52.9 Å². The molecule has 2 aromatic rings. The molecule has 0 heterocycles. The van der Waals surface area contributed by atoms with E-state index in [4.69, 9.17) is 4.74 Å². The van der Waals surface area contributed by atoms with Crippen LogP contribution in [0.25, 0.3) is 0 Å². The van der Waals surface area contributed by atoms with E-state index in [1.165, 1.54) is 12.0 Å². The number of hydrogen-bond acceptors (Lipinski definition) is 5. The van der Waals surface area contributed by atoms with E-state index >= 15 is 0 Å². The van der Waals surface area contributed by atoms with Gasteiger partial charge >= 0.3 is 0 Å². The molecule has 36 heavy (non-hydrogen) atoms. The van der Waals surface area contributed by atoms with E-state index in [2.05, 4.69) is 5.32 Å². The van der Waals surface area contributed by atoms with E-state index in [1.54, 1.807) is 19.1 Å². The molecule has 1 aliphatic rings. The summed E-state index contributed by atoms with van der Waals surface area (Å²) in [5.74, 6) is -0.361. The van der Waals surface area contributed by atoms with Gasteiger partial charge in [0.25, 0.3) is 0 Å². The zero-order valence-corrected chi connectivity index (χ0v) is 22.6. The molecule has 0 radical (unpaired) electrons. The van der Waals surface area contributed by atoms with Gasteiger partial charge in [0.05, 0.1) is 19.1 Å². The summed E-state index contributed by atoms with van der Waals surface area (Å²) in [6.45, 7) is 5.21. The molecule has 0 saturated heterocycles. The second kappa shape index (κ2) is 11.8. The SMILES string of the molecule is COc1ccc(C)cc1N(CC(=O)N(Cc1ccccc1C)[C@@H](C)C(=O)NC1CCCC1)S(C)(=O)=O. The third-order valence-corrected chi connectivity index (χ3v) is 7.88. The van der Waals surface area contributed by atoms with Gasteiger partial charge in [-0.25, -0.2) is 8.42 Å². The predicted molar refractivity (Wildman–Crippen MR) is 142 cm³/mol. The van der Waals surface area contributed by atoms with Crippen molar-refractivity contribution < 1.29 is 22.7 Å². The van der Waals surface area contributed by atoms with Gasteiger partial charge in [-0.15, -0.1) is 0 Å². The van der Waals surface area contributed by atoms with Crippen LogP contribution in [0.15, 0.2) is 42.5 Å². The highest BCUT2D eigenvalue weighted by Gasteiger charge is 2.32. The van der Waals surface area contributed by atoms with Crippen LogP contribution in [0.3, 0.4) is 0 Å². The summed E-state index contributed by atoms with van der Waals surface area (Å²) < 4.78 is 32.1. The Morgan fingerprint density at radius 3 is 2.39 bits per heavy atom. The number of amides is 2. The van der Waals surface area contributed by atoms with Gasteiger partial charge in [-0.05, 0) is 62.4 Å². The van der Waals surface area contributed by atoms with Crippen LogP contribution in [0.4, 0.5) is 5.69 Å². The minimum absolute atomic E-state index is 0.111. The zero-order chi connectivity index (χ0) is 26.5. The third kappa shape index (κ3) is 6.78. The Kier molecular flexibility index (Phi) is 9.00. The highest BCUT2D eigenvalue weighted by Crippen LogP contribution is 2.31. The molecule has 8 nitrogen and oxygen atoms in total. The van der Waals surface area contributed by atoms with Crippen molar-refractivity contribution in [2.24, 2.45) is 0 Å². The summed E-state index contributed by atoms with van der Waals surface area (Å²) in [5.41, 5.74) is 2.99. The highest BCUT2D eigenvalue weighted by atomic mass is 32.2. The average molecular weight is 516 g/mol. The molecule has 3 rings (SSSR count). The van der Waals surface area contributed by atoms with Crippen LogP contribution in [0.2, 0.25) is 0 Å². The topological polar surface area (TPSA) is 96.0 Å². The second-order valence-electron chi connectivity index (χ2n) is 9.56. The first-order chi connectivity index (χ1) is 17.0. The first-order valence-electron chi connectivity index (χ1n) is 12.3. The standard InChI is InChI=1S/C27H37N3O5S/c1-19-14-15-25(35-4)24(16-19)30(36(5,33)34)18-26(31)29(17-22-11-7-6-10-20(22)2)21(3)27(32)28-23-12-8-9-13-23/h6-7,10-11,14-16,21,23H,8-9,12-13,17-18H2,1-5H3,(H,28,32)/t21-/m0/s1. The first kappa shape index (κ1) is 27.5. The highest BCUT2D eigenvalue weighted by molar-refractivity contribution is 7.92.